The minimum absolute atomic E-state index is 0.214. The molecule has 5 rings (SSSR count). The lowest BCUT2D eigenvalue weighted by atomic mass is 10.0. The second-order valence-electron chi connectivity index (χ2n) is 9.02. The van der Waals surface area contributed by atoms with Gasteiger partial charge in [-0.15, -0.1) is 0 Å². The van der Waals surface area contributed by atoms with Crippen LogP contribution in [0.25, 0.3) is 11.3 Å². The minimum atomic E-state index is -0.214. The third kappa shape index (κ3) is 4.83. The number of likely N-dealkylation sites (tertiary alicyclic amines) is 1. The molecule has 2 aliphatic heterocycles. The van der Waals surface area contributed by atoms with E-state index >= 15 is 0 Å². The fourth-order valence-corrected chi connectivity index (χ4v) is 5.03. The van der Waals surface area contributed by atoms with Gasteiger partial charge < -0.3 is 9.80 Å². The Balaban J connectivity index is 1.22. The number of nitrogens with zero attached hydrogens (tertiary/aromatic N) is 4. The van der Waals surface area contributed by atoms with Crippen molar-refractivity contribution in [2.24, 2.45) is 0 Å². The van der Waals surface area contributed by atoms with E-state index in [1.807, 2.05) is 12.3 Å². The molecule has 32 heavy (non-hydrogen) atoms. The van der Waals surface area contributed by atoms with Crippen molar-refractivity contribution in [2.45, 2.75) is 38.0 Å². The van der Waals surface area contributed by atoms with Crippen molar-refractivity contribution in [2.75, 3.05) is 37.6 Å². The highest BCUT2D eigenvalue weighted by atomic mass is 19.1. The van der Waals surface area contributed by atoms with Gasteiger partial charge in [-0.3, -0.25) is 4.98 Å². The average molecular weight is 431 g/mol. The summed E-state index contributed by atoms with van der Waals surface area (Å²) in [4.78, 5) is 14.7. The van der Waals surface area contributed by atoms with Crippen LogP contribution in [-0.2, 0) is 6.42 Å². The first-order chi connectivity index (χ1) is 15.8. The highest BCUT2D eigenvalue weighted by molar-refractivity contribution is 5.59. The maximum Gasteiger partial charge on any atom is 0.131 e. The van der Waals surface area contributed by atoms with E-state index in [1.54, 1.807) is 12.1 Å². The Kier molecular flexibility index (Phi) is 6.44. The number of rotatable bonds is 6. The number of anilines is 1. The number of piperidine rings is 1. The van der Waals surface area contributed by atoms with Crippen molar-refractivity contribution in [3.05, 3.63) is 77.9 Å². The van der Waals surface area contributed by atoms with E-state index in [2.05, 4.69) is 34.1 Å². The van der Waals surface area contributed by atoms with Crippen LogP contribution in [0.2, 0.25) is 0 Å². The molecule has 0 spiro atoms. The Bertz CT molecular complexity index is 1030. The molecular weight excluding hydrogens is 399 g/mol. The molecule has 0 bridgehead atoms. The Morgan fingerprint density at radius 3 is 2.59 bits per heavy atom. The standard InChI is InChI=1S/C27H31FN4/c28-24-11-9-21(10-12-24)25-7-4-8-26(30-25)23-14-19-31(20-23)18-13-22-6-5-15-29-27(22)32-16-2-1-3-17-32/h4-12,15,23H,1-3,13-14,16-20H2. The van der Waals surface area contributed by atoms with Gasteiger partial charge in [-0.25, -0.2) is 9.37 Å². The smallest absolute Gasteiger partial charge is 0.131 e. The number of hydrogen-bond donors (Lipinski definition) is 0. The molecule has 0 aliphatic carbocycles. The van der Waals surface area contributed by atoms with Gasteiger partial charge >= 0.3 is 0 Å². The number of hydrogen-bond acceptors (Lipinski definition) is 4. The highest BCUT2D eigenvalue weighted by Gasteiger charge is 2.25. The number of pyridine rings is 2. The van der Waals surface area contributed by atoms with Crippen LogP contribution in [0.1, 0.15) is 42.9 Å². The highest BCUT2D eigenvalue weighted by Crippen LogP contribution is 2.29. The quantitative estimate of drug-likeness (QED) is 0.531. The number of aromatic nitrogens is 2. The van der Waals surface area contributed by atoms with Gasteiger partial charge in [0.25, 0.3) is 0 Å². The first kappa shape index (κ1) is 21.1. The van der Waals surface area contributed by atoms with Gasteiger partial charge in [0.1, 0.15) is 11.6 Å². The summed E-state index contributed by atoms with van der Waals surface area (Å²) in [7, 11) is 0. The van der Waals surface area contributed by atoms with Crippen molar-refractivity contribution in [3.63, 3.8) is 0 Å². The van der Waals surface area contributed by atoms with Gasteiger partial charge in [0.15, 0.2) is 0 Å². The molecule has 4 heterocycles. The molecular formula is C27H31FN4. The molecule has 1 unspecified atom stereocenters. The maximum absolute atomic E-state index is 13.3. The third-order valence-corrected chi connectivity index (χ3v) is 6.82. The van der Waals surface area contributed by atoms with Crippen LogP contribution in [0.5, 0.6) is 0 Å². The van der Waals surface area contributed by atoms with E-state index in [-0.39, 0.29) is 5.82 Å². The van der Waals surface area contributed by atoms with Crippen LogP contribution in [-0.4, -0.2) is 47.6 Å². The van der Waals surface area contributed by atoms with Gasteiger partial charge in [0, 0.05) is 49.6 Å². The van der Waals surface area contributed by atoms with Gasteiger partial charge in [-0.1, -0.05) is 12.1 Å². The molecule has 3 aromatic rings. The zero-order valence-electron chi connectivity index (χ0n) is 18.6. The van der Waals surface area contributed by atoms with Crippen LogP contribution >= 0.6 is 0 Å². The lowest BCUT2D eigenvalue weighted by Gasteiger charge is -2.29. The largest absolute Gasteiger partial charge is 0.356 e. The monoisotopic (exact) mass is 430 g/mol. The van der Waals surface area contributed by atoms with Crippen LogP contribution in [0.3, 0.4) is 0 Å². The SMILES string of the molecule is Fc1ccc(-c2cccc(C3CCN(CCc4cccnc4N4CCCCC4)C3)n2)cc1. The molecule has 5 heteroatoms. The number of benzene rings is 1. The molecule has 2 aliphatic rings. The Hall–Kier alpha value is -2.79. The summed E-state index contributed by atoms with van der Waals surface area (Å²) in [5, 5.41) is 0. The van der Waals surface area contributed by atoms with Crippen LogP contribution < -0.4 is 4.90 Å². The molecule has 1 aromatic carbocycles. The van der Waals surface area contributed by atoms with Gasteiger partial charge in [-0.2, -0.15) is 0 Å². The minimum Gasteiger partial charge on any atom is -0.356 e. The van der Waals surface area contributed by atoms with Crippen LogP contribution in [0.15, 0.2) is 60.8 Å². The first-order valence-corrected chi connectivity index (χ1v) is 11.9. The summed E-state index contributed by atoms with van der Waals surface area (Å²) < 4.78 is 13.3. The van der Waals surface area contributed by atoms with E-state index in [1.165, 1.54) is 42.8 Å². The molecule has 1 atom stereocenters. The summed E-state index contributed by atoms with van der Waals surface area (Å²) in [6.07, 6.45) is 7.98. The van der Waals surface area contributed by atoms with E-state index in [9.17, 15) is 4.39 Å². The predicted octanol–water partition coefficient (Wildman–Crippen LogP) is 5.31. The van der Waals surface area contributed by atoms with E-state index in [0.29, 0.717) is 5.92 Å². The lowest BCUT2D eigenvalue weighted by Crippen LogP contribution is -2.31. The average Bonchev–Trinajstić information content (AvgIpc) is 3.33. The van der Waals surface area contributed by atoms with Crippen molar-refractivity contribution >= 4 is 5.82 Å². The molecule has 0 saturated carbocycles. The van der Waals surface area contributed by atoms with E-state index in [0.717, 1.165) is 62.5 Å². The molecule has 2 fully saturated rings. The first-order valence-electron chi connectivity index (χ1n) is 11.9. The summed E-state index contributed by atoms with van der Waals surface area (Å²) >= 11 is 0. The molecule has 166 valence electrons. The summed E-state index contributed by atoms with van der Waals surface area (Å²) in [5.41, 5.74) is 4.39. The van der Waals surface area contributed by atoms with E-state index < -0.39 is 0 Å². The fraction of sp³-hybridized carbons (Fsp3) is 0.407. The van der Waals surface area contributed by atoms with Crippen LogP contribution in [0, 0.1) is 5.82 Å². The van der Waals surface area contributed by atoms with Gasteiger partial charge in [0.05, 0.1) is 5.69 Å². The fourth-order valence-electron chi connectivity index (χ4n) is 5.03. The topological polar surface area (TPSA) is 32.3 Å². The summed E-state index contributed by atoms with van der Waals surface area (Å²) in [6.45, 7) is 5.46. The van der Waals surface area contributed by atoms with Crippen molar-refractivity contribution < 1.29 is 4.39 Å². The van der Waals surface area contributed by atoms with Crippen LogP contribution in [0.4, 0.5) is 10.2 Å². The Morgan fingerprint density at radius 1 is 0.906 bits per heavy atom. The molecule has 0 amide bonds. The number of halogens is 1. The van der Waals surface area contributed by atoms with Gasteiger partial charge in [0.2, 0.25) is 0 Å². The van der Waals surface area contributed by atoms with Crippen molar-refractivity contribution in [1.82, 2.24) is 14.9 Å². The Morgan fingerprint density at radius 2 is 1.75 bits per heavy atom. The van der Waals surface area contributed by atoms with Crippen molar-refractivity contribution in [3.8, 4) is 11.3 Å². The predicted molar refractivity (Wildman–Crippen MR) is 127 cm³/mol. The zero-order chi connectivity index (χ0) is 21.8. The second-order valence-corrected chi connectivity index (χ2v) is 9.02. The molecule has 0 radical (unpaired) electrons. The lowest BCUT2D eigenvalue weighted by molar-refractivity contribution is 0.338. The summed E-state index contributed by atoms with van der Waals surface area (Å²) in [5.74, 6) is 1.43. The molecule has 2 aromatic heterocycles. The van der Waals surface area contributed by atoms with E-state index in [4.69, 9.17) is 9.97 Å². The maximum atomic E-state index is 13.3. The summed E-state index contributed by atoms with van der Waals surface area (Å²) in [6, 6.07) is 17.1. The third-order valence-electron chi connectivity index (χ3n) is 6.82. The second kappa shape index (κ2) is 9.78. The normalized spacial score (nSPS) is 19.4. The molecule has 0 N–H and O–H groups in total. The Labute approximate surface area is 190 Å². The van der Waals surface area contributed by atoms with Crippen molar-refractivity contribution in [1.29, 1.82) is 0 Å². The zero-order valence-corrected chi connectivity index (χ0v) is 18.6. The van der Waals surface area contributed by atoms with Gasteiger partial charge in [-0.05, 0) is 86.7 Å². The molecule has 4 nitrogen and oxygen atoms in total. The molecule has 2 saturated heterocycles.